The molecular weight excluding hydrogens is 260 g/mol. The van der Waals surface area contributed by atoms with Crippen molar-refractivity contribution in [1.82, 2.24) is 0 Å². The van der Waals surface area contributed by atoms with Crippen LogP contribution in [0.1, 0.15) is 37.2 Å². The Kier molecular flexibility index (Phi) is 2.98. The van der Waals surface area contributed by atoms with Gasteiger partial charge in [0.1, 0.15) is 0 Å². The lowest BCUT2D eigenvalue weighted by molar-refractivity contribution is 0.0259. The molecule has 0 spiro atoms. The predicted octanol–water partition coefficient (Wildman–Crippen LogP) is 2.12. The summed E-state index contributed by atoms with van der Waals surface area (Å²) in [6.45, 7) is 0. The molecule has 1 aromatic carbocycles. The smallest absolute Gasteiger partial charge is 0.153 e. The quantitative estimate of drug-likeness (QED) is 0.922. The summed E-state index contributed by atoms with van der Waals surface area (Å²) in [5.74, 6) is 0.436. The topological polar surface area (TPSA) is 54.4 Å². The molecule has 0 saturated heterocycles. The fourth-order valence-corrected chi connectivity index (χ4v) is 5.44. The Morgan fingerprint density at radius 2 is 1.95 bits per heavy atom. The first kappa shape index (κ1) is 13.1. The van der Waals surface area contributed by atoms with Gasteiger partial charge in [-0.25, -0.2) is 8.42 Å². The third-order valence-corrected chi connectivity index (χ3v) is 6.46. The maximum absolute atomic E-state index is 11.9. The first-order valence-corrected chi connectivity index (χ1v) is 8.84. The fraction of sp³-hybridized carbons (Fsp3) is 0.600. The van der Waals surface area contributed by atoms with Crippen LogP contribution in [0.4, 0.5) is 0 Å². The van der Waals surface area contributed by atoms with Gasteiger partial charge in [-0.3, -0.25) is 0 Å². The highest BCUT2D eigenvalue weighted by molar-refractivity contribution is 7.91. The summed E-state index contributed by atoms with van der Waals surface area (Å²) in [6.07, 6.45) is 4.21. The lowest BCUT2D eigenvalue weighted by Gasteiger charge is -2.29. The predicted molar refractivity (Wildman–Crippen MR) is 74.7 cm³/mol. The molecule has 1 aromatic rings. The van der Waals surface area contributed by atoms with Crippen molar-refractivity contribution in [3.05, 3.63) is 35.9 Å². The molecule has 2 fully saturated rings. The monoisotopic (exact) mass is 280 g/mol. The summed E-state index contributed by atoms with van der Waals surface area (Å²) in [7, 11) is -3.17. The molecule has 0 heterocycles. The van der Waals surface area contributed by atoms with E-state index in [9.17, 15) is 13.5 Å². The summed E-state index contributed by atoms with van der Waals surface area (Å²) in [4.78, 5) is 0. The van der Waals surface area contributed by atoms with Crippen molar-refractivity contribution in [2.24, 2.45) is 5.92 Å². The molecule has 1 N–H and O–H groups in total. The molecule has 2 saturated carbocycles. The van der Waals surface area contributed by atoms with Crippen molar-refractivity contribution in [2.75, 3.05) is 6.26 Å². The molecule has 0 amide bonds. The van der Waals surface area contributed by atoms with Crippen LogP contribution in [0.25, 0.3) is 0 Å². The Hall–Kier alpha value is -0.870. The third-order valence-electron chi connectivity index (χ3n) is 4.78. The molecule has 0 aromatic heterocycles. The van der Waals surface area contributed by atoms with Crippen LogP contribution in [0.15, 0.2) is 30.3 Å². The number of rotatable bonds is 3. The van der Waals surface area contributed by atoms with E-state index in [1.807, 2.05) is 18.2 Å². The number of sulfone groups is 1. The van der Waals surface area contributed by atoms with E-state index < -0.39 is 20.7 Å². The van der Waals surface area contributed by atoms with Crippen LogP contribution in [0, 0.1) is 5.92 Å². The van der Waals surface area contributed by atoms with Crippen molar-refractivity contribution in [3.63, 3.8) is 0 Å². The molecule has 4 unspecified atom stereocenters. The first-order chi connectivity index (χ1) is 8.93. The van der Waals surface area contributed by atoms with Crippen LogP contribution in [-0.4, -0.2) is 30.6 Å². The van der Waals surface area contributed by atoms with Crippen molar-refractivity contribution in [3.8, 4) is 0 Å². The molecule has 4 atom stereocenters. The lowest BCUT2D eigenvalue weighted by atomic mass is 9.92. The Balaban J connectivity index is 1.84. The molecular formula is C15H20O3S. The van der Waals surface area contributed by atoms with Crippen molar-refractivity contribution < 1.29 is 13.5 Å². The van der Waals surface area contributed by atoms with Gasteiger partial charge in [-0.05, 0) is 43.1 Å². The van der Waals surface area contributed by atoms with Crippen molar-refractivity contribution in [2.45, 2.75) is 42.5 Å². The number of hydrogen-bond acceptors (Lipinski definition) is 3. The van der Waals surface area contributed by atoms with Gasteiger partial charge < -0.3 is 5.11 Å². The zero-order chi connectivity index (χ0) is 13.7. The van der Waals surface area contributed by atoms with Crippen LogP contribution in [-0.2, 0) is 9.84 Å². The zero-order valence-corrected chi connectivity index (χ0v) is 11.9. The van der Waals surface area contributed by atoms with Gasteiger partial charge in [0.05, 0.1) is 10.9 Å². The highest BCUT2D eigenvalue weighted by atomic mass is 32.2. The second-order valence-electron chi connectivity index (χ2n) is 6.06. The van der Waals surface area contributed by atoms with E-state index in [2.05, 4.69) is 12.1 Å². The summed E-state index contributed by atoms with van der Waals surface area (Å²) in [5.41, 5.74) is 0.216. The van der Waals surface area contributed by atoms with E-state index in [4.69, 9.17) is 0 Å². The molecule has 3 nitrogen and oxygen atoms in total. The Morgan fingerprint density at radius 1 is 1.26 bits per heavy atom. The van der Waals surface area contributed by atoms with E-state index in [0.717, 1.165) is 12.8 Å². The van der Waals surface area contributed by atoms with Crippen LogP contribution in [0.3, 0.4) is 0 Å². The molecule has 104 valence electrons. The average molecular weight is 280 g/mol. The van der Waals surface area contributed by atoms with Gasteiger partial charge in [0.15, 0.2) is 9.84 Å². The largest absolute Gasteiger partial charge is 0.388 e. The van der Waals surface area contributed by atoms with E-state index in [1.54, 1.807) is 0 Å². The van der Waals surface area contributed by atoms with Gasteiger partial charge >= 0.3 is 0 Å². The zero-order valence-electron chi connectivity index (χ0n) is 11.1. The number of benzene rings is 1. The van der Waals surface area contributed by atoms with Gasteiger partial charge in [0, 0.05) is 6.26 Å². The van der Waals surface area contributed by atoms with E-state index in [-0.39, 0.29) is 5.92 Å². The average Bonchev–Trinajstić information content (AvgIpc) is 3.07. The summed E-state index contributed by atoms with van der Waals surface area (Å²) < 4.78 is 23.7. The second-order valence-corrected chi connectivity index (χ2v) is 8.29. The Labute approximate surface area is 114 Å². The minimum Gasteiger partial charge on any atom is -0.388 e. The number of hydrogen-bond donors (Lipinski definition) is 1. The Bertz CT molecular complexity index is 566. The minimum absolute atomic E-state index is 0.108. The molecule has 0 bridgehead atoms. The van der Waals surface area contributed by atoms with E-state index in [0.29, 0.717) is 18.8 Å². The molecule has 2 aliphatic carbocycles. The summed E-state index contributed by atoms with van der Waals surface area (Å²) >= 11 is 0. The van der Waals surface area contributed by atoms with Gasteiger partial charge in [0.25, 0.3) is 0 Å². The SMILES string of the molecule is CS(=O)(=O)C1CCCC1(O)C1CC1c1ccccc1. The maximum atomic E-state index is 11.9. The second kappa shape index (κ2) is 4.32. The summed E-state index contributed by atoms with van der Waals surface area (Å²) in [5, 5.41) is 10.3. The van der Waals surface area contributed by atoms with Crippen molar-refractivity contribution >= 4 is 9.84 Å². The molecule has 2 aliphatic rings. The van der Waals surface area contributed by atoms with Crippen LogP contribution >= 0.6 is 0 Å². The standard InChI is InChI=1S/C15H20O3S/c1-19(17,18)14-8-5-9-15(14,16)13-10-12(13)11-6-3-2-4-7-11/h2-4,6-7,12-14,16H,5,8-10H2,1H3. The summed E-state index contributed by atoms with van der Waals surface area (Å²) in [6, 6.07) is 10.1. The van der Waals surface area contributed by atoms with Gasteiger partial charge in [-0.2, -0.15) is 0 Å². The maximum Gasteiger partial charge on any atom is 0.153 e. The van der Waals surface area contributed by atoms with Gasteiger partial charge in [0.2, 0.25) is 0 Å². The highest BCUT2D eigenvalue weighted by Gasteiger charge is 2.60. The van der Waals surface area contributed by atoms with Crippen LogP contribution in [0.5, 0.6) is 0 Å². The Morgan fingerprint density at radius 3 is 2.58 bits per heavy atom. The normalized spacial score (nSPS) is 38.3. The van der Waals surface area contributed by atoms with Crippen molar-refractivity contribution in [1.29, 1.82) is 0 Å². The molecule has 0 radical (unpaired) electrons. The highest BCUT2D eigenvalue weighted by Crippen LogP contribution is 2.58. The molecule has 3 rings (SSSR count). The lowest BCUT2D eigenvalue weighted by Crippen LogP contribution is -2.44. The third kappa shape index (κ3) is 2.21. The van der Waals surface area contributed by atoms with Gasteiger partial charge in [-0.15, -0.1) is 0 Å². The van der Waals surface area contributed by atoms with Crippen LogP contribution < -0.4 is 0 Å². The number of aliphatic hydroxyl groups is 1. The van der Waals surface area contributed by atoms with Crippen LogP contribution in [0.2, 0.25) is 0 Å². The minimum atomic E-state index is -3.17. The first-order valence-electron chi connectivity index (χ1n) is 6.89. The molecule has 0 aliphatic heterocycles. The van der Waals surface area contributed by atoms with Gasteiger partial charge in [-0.1, -0.05) is 30.3 Å². The molecule has 19 heavy (non-hydrogen) atoms. The fourth-order valence-electron chi connectivity index (χ4n) is 3.81. The van der Waals surface area contributed by atoms with E-state index >= 15 is 0 Å². The molecule has 4 heteroatoms. The van der Waals surface area contributed by atoms with E-state index in [1.165, 1.54) is 11.8 Å².